The number of carboxylic acid groups (broad SMARTS) is 1. The fraction of sp³-hybridized carbons (Fsp3) is 0.423. The Hall–Kier alpha value is -3.35. The number of aliphatic carboxylic acids is 1. The van der Waals surface area contributed by atoms with Gasteiger partial charge in [0.25, 0.3) is 0 Å². The van der Waals surface area contributed by atoms with Gasteiger partial charge in [-0.25, -0.2) is 4.79 Å². The van der Waals surface area contributed by atoms with Crippen LogP contribution in [0.5, 0.6) is 0 Å². The summed E-state index contributed by atoms with van der Waals surface area (Å²) < 4.78 is 5.51. The minimum Gasteiger partial charge on any atom is -0.481 e. The minimum atomic E-state index is -1.15. The van der Waals surface area contributed by atoms with Crippen molar-refractivity contribution >= 4 is 18.0 Å². The van der Waals surface area contributed by atoms with E-state index in [-0.39, 0.29) is 18.4 Å². The number of fused-ring (bicyclic) bond motifs is 3. The van der Waals surface area contributed by atoms with Gasteiger partial charge in [-0.15, -0.1) is 0 Å². The Morgan fingerprint density at radius 3 is 2.18 bits per heavy atom. The maximum Gasteiger partial charge on any atom is 0.407 e. The fourth-order valence-electron chi connectivity index (χ4n) is 4.74. The molecule has 2 aliphatic rings. The Bertz CT molecular complexity index is 987. The van der Waals surface area contributed by atoms with Crippen molar-refractivity contribution in [2.75, 3.05) is 19.7 Å². The number of rotatable bonds is 9. The van der Waals surface area contributed by atoms with Crippen LogP contribution in [0.1, 0.15) is 49.7 Å². The van der Waals surface area contributed by atoms with E-state index in [1.54, 1.807) is 4.90 Å². The van der Waals surface area contributed by atoms with E-state index in [4.69, 9.17) is 4.74 Å². The predicted molar refractivity (Wildman–Crippen MR) is 124 cm³/mol. The Kier molecular flexibility index (Phi) is 6.96. The number of hydrogen-bond donors (Lipinski definition) is 2. The normalized spacial score (nSPS) is 15.7. The third-order valence-corrected chi connectivity index (χ3v) is 6.71. The Morgan fingerprint density at radius 1 is 1.06 bits per heavy atom. The summed E-state index contributed by atoms with van der Waals surface area (Å²) in [5.74, 6) is -1.18. The van der Waals surface area contributed by atoms with Crippen LogP contribution in [-0.2, 0) is 14.3 Å². The summed E-state index contributed by atoms with van der Waals surface area (Å²) >= 11 is 0. The SMILES string of the molecule is CCN(CC1CCC1)C(=O)C(CC(=O)O)NC(=O)OCC1c2ccccc2-c2ccccc21. The number of hydrogen-bond acceptors (Lipinski definition) is 4. The number of amides is 2. The first-order valence-electron chi connectivity index (χ1n) is 11.6. The molecule has 7 nitrogen and oxygen atoms in total. The number of carboxylic acids is 1. The number of carbonyl (C=O) groups is 3. The molecule has 2 N–H and O–H groups in total. The first-order chi connectivity index (χ1) is 16.0. The summed E-state index contributed by atoms with van der Waals surface area (Å²) in [5, 5.41) is 11.8. The molecule has 0 bridgehead atoms. The molecule has 0 aliphatic heterocycles. The molecule has 0 radical (unpaired) electrons. The summed E-state index contributed by atoms with van der Waals surface area (Å²) in [6, 6.07) is 14.9. The smallest absolute Gasteiger partial charge is 0.407 e. The standard InChI is InChI=1S/C26H30N2O5/c1-2-28(15-17-8-7-9-17)25(31)23(14-24(29)30)27-26(32)33-16-22-20-12-5-3-10-18(20)19-11-4-6-13-21(19)22/h3-6,10-13,17,22-23H,2,7-9,14-16H2,1H3,(H,27,32)(H,29,30). The molecule has 2 aliphatic carbocycles. The highest BCUT2D eigenvalue weighted by atomic mass is 16.5. The van der Waals surface area contributed by atoms with Gasteiger partial charge in [0.15, 0.2) is 0 Å². The van der Waals surface area contributed by atoms with E-state index in [9.17, 15) is 19.5 Å². The van der Waals surface area contributed by atoms with Crippen LogP contribution < -0.4 is 5.32 Å². The highest BCUT2D eigenvalue weighted by molar-refractivity contribution is 5.89. The average molecular weight is 451 g/mol. The molecule has 0 spiro atoms. The van der Waals surface area contributed by atoms with Crippen LogP contribution in [-0.4, -0.2) is 53.7 Å². The van der Waals surface area contributed by atoms with E-state index in [1.807, 2.05) is 43.3 Å². The molecule has 174 valence electrons. The summed E-state index contributed by atoms with van der Waals surface area (Å²) in [7, 11) is 0. The lowest BCUT2D eigenvalue weighted by Gasteiger charge is -2.33. The Labute approximate surface area is 193 Å². The molecule has 1 saturated carbocycles. The third-order valence-electron chi connectivity index (χ3n) is 6.71. The zero-order chi connectivity index (χ0) is 23.4. The van der Waals surface area contributed by atoms with Gasteiger partial charge in [-0.1, -0.05) is 55.0 Å². The van der Waals surface area contributed by atoms with Crippen molar-refractivity contribution in [2.24, 2.45) is 5.92 Å². The molecule has 0 heterocycles. The topological polar surface area (TPSA) is 95.9 Å². The van der Waals surface area contributed by atoms with Crippen molar-refractivity contribution in [1.82, 2.24) is 10.2 Å². The number of carbonyl (C=O) groups excluding carboxylic acids is 2. The maximum atomic E-state index is 13.0. The second-order valence-electron chi connectivity index (χ2n) is 8.79. The second kappa shape index (κ2) is 10.1. The predicted octanol–water partition coefficient (Wildman–Crippen LogP) is 4.02. The molecule has 2 aromatic carbocycles. The summed E-state index contributed by atoms with van der Waals surface area (Å²) in [6.07, 6.45) is 2.05. The molecule has 0 saturated heterocycles. The van der Waals surface area contributed by atoms with Gasteiger partial charge in [0.1, 0.15) is 12.6 Å². The first kappa shape index (κ1) is 22.8. The van der Waals surface area contributed by atoms with Gasteiger partial charge < -0.3 is 20.1 Å². The Balaban J connectivity index is 1.41. The maximum absolute atomic E-state index is 13.0. The molecule has 2 aromatic rings. The molecule has 0 aromatic heterocycles. The lowest BCUT2D eigenvalue weighted by molar-refractivity contribution is -0.142. The van der Waals surface area contributed by atoms with E-state index in [0.717, 1.165) is 41.5 Å². The van der Waals surface area contributed by atoms with Crippen molar-refractivity contribution < 1.29 is 24.2 Å². The third kappa shape index (κ3) is 5.02. The summed E-state index contributed by atoms with van der Waals surface area (Å²) in [4.78, 5) is 38.6. The summed E-state index contributed by atoms with van der Waals surface area (Å²) in [5.41, 5.74) is 4.41. The van der Waals surface area contributed by atoms with Gasteiger partial charge in [0.2, 0.25) is 5.91 Å². The molecule has 2 amide bonds. The molecule has 7 heteroatoms. The van der Waals surface area contributed by atoms with E-state index in [0.29, 0.717) is 19.0 Å². The van der Waals surface area contributed by atoms with Gasteiger partial charge >= 0.3 is 12.1 Å². The number of ether oxygens (including phenoxy) is 1. The van der Waals surface area contributed by atoms with E-state index in [1.165, 1.54) is 0 Å². The van der Waals surface area contributed by atoms with Gasteiger partial charge in [0, 0.05) is 19.0 Å². The van der Waals surface area contributed by atoms with Gasteiger partial charge in [-0.05, 0) is 47.9 Å². The van der Waals surface area contributed by atoms with Crippen LogP contribution in [0.25, 0.3) is 11.1 Å². The van der Waals surface area contributed by atoms with Crippen molar-refractivity contribution in [3.63, 3.8) is 0 Å². The van der Waals surface area contributed by atoms with Crippen LogP contribution in [0.2, 0.25) is 0 Å². The lowest BCUT2D eigenvalue weighted by Crippen LogP contribution is -2.51. The largest absolute Gasteiger partial charge is 0.481 e. The zero-order valence-electron chi connectivity index (χ0n) is 18.8. The van der Waals surface area contributed by atoms with Crippen LogP contribution >= 0.6 is 0 Å². The molecular weight excluding hydrogens is 420 g/mol. The molecule has 33 heavy (non-hydrogen) atoms. The van der Waals surface area contributed by atoms with Crippen LogP contribution in [0.15, 0.2) is 48.5 Å². The Morgan fingerprint density at radius 2 is 1.67 bits per heavy atom. The average Bonchev–Trinajstić information content (AvgIpc) is 3.10. The van der Waals surface area contributed by atoms with Crippen LogP contribution in [0.3, 0.4) is 0 Å². The molecule has 1 atom stereocenters. The van der Waals surface area contributed by atoms with Gasteiger partial charge in [0.05, 0.1) is 6.42 Å². The quantitative estimate of drug-likeness (QED) is 0.602. The molecule has 4 rings (SSSR count). The highest BCUT2D eigenvalue weighted by Crippen LogP contribution is 2.44. The molecule has 1 fully saturated rings. The number of likely N-dealkylation sites (N-methyl/N-ethyl adjacent to an activating group) is 1. The second-order valence-corrected chi connectivity index (χ2v) is 8.79. The van der Waals surface area contributed by atoms with Crippen LogP contribution in [0, 0.1) is 5.92 Å². The number of nitrogens with one attached hydrogen (secondary N) is 1. The van der Waals surface area contributed by atoms with Crippen molar-refractivity contribution in [1.29, 1.82) is 0 Å². The monoisotopic (exact) mass is 450 g/mol. The number of alkyl carbamates (subject to hydrolysis) is 1. The van der Waals surface area contributed by atoms with Crippen molar-refractivity contribution in [3.8, 4) is 11.1 Å². The first-order valence-corrected chi connectivity index (χ1v) is 11.6. The van der Waals surface area contributed by atoms with Crippen molar-refractivity contribution in [2.45, 2.75) is 44.6 Å². The number of nitrogens with zero attached hydrogens (tertiary/aromatic N) is 1. The van der Waals surface area contributed by atoms with Gasteiger partial charge in [-0.2, -0.15) is 0 Å². The summed E-state index contributed by atoms with van der Waals surface area (Å²) in [6.45, 7) is 3.03. The zero-order valence-corrected chi connectivity index (χ0v) is 18.8. The van der Waals surface area contributed by atoms with Crippen molar-refractivity contribution in [3.05, 3.63) is 59.7 Å². The number of benzene rings is 2. The fourth-order valence-corrected chi connectivity index (χ4v) is 4.74. The van der Waals surface area contributed by atoms with E-state index < -0.39 is 24.5 Å². The minimum absolute atomic E-state index is 0.105. The van der Waals surface area contributed by atoms with Crippen LogP contribution in [0.4, 0.5) is 4.79 Å². The van der Waals surface area contributed by atoms with E-state index in [2.05, 4.69) is 17.4 Å². The molecular formula is C26H30N2O5. The van der Waals surface area contributed by atoms with E-state index >= 15 is 0 Å². The molecule has 1 unspecified atom stereocenters. The van der Waals surface area contributed by atoms with Gasteiger partial charge in [-0.3, -0.25) is 9.59 Å². The lowest BCUT2D eigenvalue weighted by atomic mass is 9.85. The highest BCUT2D eigenvalue weighted by Gasteiger charge is 2.32.